The van der Waals surface area contributed by atoms with Crippen LogP contribution in [0, 0.1) is 18.3 Å². The normalized spacial score (nSPS) is 17.5. The Morgan fingerprint density at radius 2 is 2.12 bits per heavy atom. The van der Waals surface area contributed by atoms with E-state index >= 15 is 0 Å². The van der Waals surface area contributed by atoms with Crippen LogP contribution in [-0.2, 0) is 0 Å². The van der Waals surface area contributed by atoms with Gasteiger partial charge in [-0.3, -0.25) is 0 Å². The summed E-state index contributed by atoms with van der Waals surface area (Å²) < 4.78 is 0. The van der Waals surface area contributed by atoms with Crippen LogP contribution in [0.5, 0.6) is 0 Å². The summed E-state index contributed by atoms with van der Waals surface area (Å²) in [6.07, 6.45) is 2.68. The Hall–Kier alpha value is -1.25. The monoisotopic (exact) mass is 219 g/mol. The standard InChI is InChI=1S/C13H21N3/c1-9(2)13(6-7-13)8-15-12-5-4-11(14)10(3)16-12/h4-5,9H,6-8,14H2,1-3H3,(H,15,16). The first-order valence-electron chi connectivity index (χ1n) is 6.00. The molecular formula is C13H21N3. The first kappa shape index (κ1) is 11.2. The van der Waals surface area contributed by atoms with Crippen molar-refractivity contribution in [2.75, 3.05) is 17.6 Å². The van der Waals surface area contributed by atoms with E-state index < -0.39 is 0 Å². The van der Waals surface area contributed by atoms with Crippen LogP contribution < -0.4 is 11.1 Å². The Morgan fingerprint density at radius 3 is 2.62 bits per heavy atom. The van der Waals surface area contributed by atoms with Crippen LogP contribution in [0.4, 0.5) is 11.5 Å². The lowest BCUT2D eigenvalue weighted by Crippen LogP contribution is -2.21. The molecule has 0 unspecified atom stereocenters. The van der Waals surface area contributed by atoms with Gasteiger partial charge in [0.2, 0.25) is 0 Å². The SMILES string of the molecule is Cc1nc(NCC2(C(C)C)CC2)ccc1N. The van der Waals surface area contributed by atoms with Crippen molar-refractivity contribution in [1.82, 2.24) is 4.98 Å². The van der Waals surface area contributed by atoms with Gasteiger partial charge < -0.3 is 11.1 Å². The number of hydrogen-bond donors (Lipinski definition) is 2. The minimum Gasteiger partial charge on any atom is -0.397 e. The molecule has 3 N–H and O–H groups in total. The van der Waals surface area contributed by atoms with Crippen LogP contribution in [0.1, 0.15) is 32.4 Å². The number of nitrogens with zero attached hydrogens (tertiary/aromatic N) is 1. The van der Waals surface area contributed by atoms with Gasteiger partial charge in [0.1, 0.15) is 5.82 Å². The van der Waals surface area contributed by atoms with Gasteiger partial charge in [0.05, 0.1) is 11.4 Å². The molecule has 1 aromatic heterocycles. The molecule has 0 aromatic carbocycles. The van der Waals surface area contributed by atoms with Gasteiger partial charge in [-0.15, -0.1) is 0 Å². The molecule has 1 saturated carbocycles. The third-order valence-electron chi connectivity index (χ3n) is 3.87. The molecule has 0 radical (unpaired) electrons. The Bertz CT molecular complexity index is 381. The van der Waals surface area contributed by atoms with Crippen molar-refractivity contribution in [3.05, 3.63) is 17.8 Å². The van der Waals surface area contributed by atoms with Crippen molar-refractivity contribution in [2.45, 2.75) is 33.6 Å². The summed E-state index contributed by atoms with van der Waals surface area (Å²) in [4.78, 5) is 4.43. The van der Waals surface area contributed by atoms with Crippen molar-refractivity contribution in [3.63, 3.8) is 0 Å². The Kier molecular flexibility index (Phi) is 2.78. The van der Waals surface area contributed by atoms with Crippen LogP contribution in [0.3, 0.4) is 0 Å². The zero-order valence-corrected chi connectivity index (χ0v) is 10.4. The molecule has 1 aromatic rings. The molecular weight excluding hydrogens is 198 g/mol. The fraction of sp³-hybridized carbons (Fsp3) is 0.615. The number of nitrogens with two attached hydrogens (primary N) is 1. The summed E-state index contributed by atoms with van der Waals surface area (Å²) in [5.41, 5.74) is 7.91. The lowest BCUT2D eigenvalue weighted by atomic mass is 9.92. The molecule has 88 valence electrons. The van der Waals surface area contributed by atoms with Gasteiger partial charge in [0.15, 0.2) is 0 Å². The van der Waals surface area contributed by atoms with Gasteiger partial charge in [-0.2, -0.15) is 0 Å². The number of anilines is 2. The third-order valence-corrected chi connectivity index (χ3v) is 3.87. The largest absolute Gasteiger partial charge is 0.397 e. The highest BCUT2D eigenvalue weighted by Crippen LogP contribution is 2.51. The van der Waals surface area contributed by atoms with Crippen LogP contribution in [0.25, 0.3) is 0 Å². The summed E-state index contributed by atoms with van der Waals surface area (Å²) in [5, 5.41) is 3.43. The molecule has 3 nitrogen and oxygen atoms in total. The minimum atomic E-state index is 0.511. The van der Waals surface area contributed by atoms with Crippen molar-refractivity contribution in [2.24, 2.45) is 11.3 Å². The zero-order chi connectivity index (χ0) is 11.8. The van der Waals surface area contributed by atoms with Gasteiger partial charge >= 0.3 is 0 Å². The number of aromatic nitrogens is 1. The van der Waals surface area contributed by atoms with Crippen LogP contribution >= 0.6 is 0 Å². The summed E-state index contributed by atoms with van der Waals surface area (Å²) >= 11 is 0. The van der Waals surface area contributed by atoms with Gasteiger partial charge in [0, 0.05) is 6.54 Å². The predicted molar refractivity (Wildman–Crippen MR) is 68.4 cm³/mol. The number of pyridine rings is 1. The van der Waals surface area contributed by atoms with Gasteiger partial charge in [0.25, 0.3) is 0 Å². The van der Waals surface area contributed by atoms with E-state index in [0.717, 1.165) is 29.7 Å². The van der Waals surface area contributed by atoms with E-state index in [2.05, 4.69) is 24.1 Å². The molecule has 0 saturated heterocycles. The smallest absolute Gasteiger partial charge is 0.126 e. The van der Waals surface area contributed by atoms with Gasteiger partial charge in [-0.25, -0.2) is 4.98 Å². The highest BCUT2D eigenvalue weighted by molar-refractivity contribution is 5.49. The Balaban J connectivity index is 1.97. The maximum Gasteiger partial charge on any atom is 0.126 e. The summed E-state index contributed by atoms with van der Waals surface area (Å²) in [6, 6.07) is 3.87. The topological polar surface area (TPSA) is 50.9 Å². The van der Waals surface area contributed by atoms with E-state index in [-0.39, 0.29) is 0 Å². The number of nitrogen functional groups attached to an aromatic ring is 1. The predicted octanol–water partition coefficient (Wildman–Crippen LogP) is 2.82. The van der Waals surface area contributed by atoms with E-state index in [4.69, 9.17) is 5.73 Å². The van der Waals surface area contributed by atoms with Gasteiger partial charge in [-0.1, -0.05) is 13.8 Å². The van der Waals surface area contributed by atoms with Crippen LogP contribution in [0.15, 0.2) is 12.1 Å². The summed E-state index contributed by atoms with van der Waals surface area (Å²) in [7, 11) is 0. The molecule has 0 atom stereocenters. The van der Waals surface area contributed by atoms with E-state index in [1.54, 1.807) is 0 Å². The molecule has 2 rings (SSSR count). The van der Waals surface area contributed by atoms with Crippen molar-refractivity contribution >= 4 is 11.5 Å². The lowest BCUT2D eigenvalue weighted by Gasteiger charge is -2.20. The van der Waals surface area contributed by atoms with E-state index in [0.29, 0.717) is 5.41 Å². The molecule has 1 aliphatic rings. The maximum atomic E-state index is 5.74. The molecule has 0 amide bonds. The second-order valence-electron chi connectivity index (χ2n) is 5.24. The summed E-state index contributed by atoms with van der Waals surface area (Å²) in [6.45, 7) is 7.57. The fourth-order valence-corrected chi connectivity index (χ4v) is 2.06. The molecule has 16 heavy (non-hydrogen) atoms. The first-order valence-corrected chi connectivity index (χ1v) is 6.00. The molecule has 1 fully saturated rings. The second-order valence-corrected chi connectivity index (χ2v) is 5.24. The Labute approximate surface area is 97.5 Å². The van der Waals surface area contributed by atoms with E-state index in [9.17, 15) is 0 Å². The molecule has 1 heterocycles. The Morgan fingerprint density at radius 1 is 1.44 bits per heavy atom. The average molecular weight is 219 g/mol. The molecule has 3 heteroatoms. The number of rotatable bonds is 4. The lowest BCUT2D eigenvalue weighted by molar-refractivity contribution is 0.380. The number of hydrogen-bond acceptors (Lipinski definition) is 3. The van der Waals surface area contributed by atoms with Crippen LogP contribution in [0.2, 0.25) is 0 Å². The number of nitrogens with one attached hydrogen (secondary N) is 1. The van der Waals surface area contributed by atoms with Crippen molar-refractivity contribution in [1.29, 1.82) is 0 Å². The third kappa shape index (κ3) is 2.13. The van der Waals surface area contributed by atoms with Crippen LogP contribution in [-0.4, -0.2) is 11.5 Å². The molecule has 0 spiro atoms. The second kappa shape index (κ2) is 3.96. The van der Waals surface area contributed by atoms with Crippen molar-refractivity contribution in [3.8, 4) is 0 Å². The average Bonchev–Trinajstić information content (AvgIpc) is 3.01. The number of aryl methyl sites for hydroxylation is 1. The highest BCUT2D eigenvalue weighted by atomic mass is 15.0. The van der Waals surface area contributed by atoms with E-state index in [1.165, 1.54) is 12.8 Å². The highest BCUT2D eigenvalue weighted by Gasteiger charge is 2.44. The minimum absolute atomic E-state index is 0.511. The quantitative estimate of drug-likeness (QED) is 0.818. The fourth-order valence-electron chi connectivity index (χ4n) is 2.06. The van der Waals surface area contributed by atoms with Gasteiger partial charge in [-0.05, 0) is 43.2 Å². The zero-order valence-electron chi connectivity index (χ0n) is 10.4. The first-order chi connectivity index (χ1) is 7.53. The molecule has 1 aliphatic carbocycles. The maximum absolute atomic E-state index is 5.74. The van der Waals surface area contributed by atoms with E-state index in [1.807, 2.05) is 19.1 Å². The molecule has 0 aliphatic heterocycles. The van der Waals surface area contributed by atoms with Crippen molar-refractivity contribution < 1.29 is 0 Å². The summed E-state index contributed by atoms with van der Waals surface area (Å²) in [5.74, 6) is 1.69. The molecule has 0 bridgehead atoms.